The van der Waals surface area contributed by atoms with E-state index in [9.17, 15) is 4.79 Å². The Morgan fingerprint density at radius 3 is 2.81 bits per heavy atom. The van der Waals surface area contributed by atoms with Gasteiger partial charge in [0.05, 0.1) is 13.2 Å². The number of unbranched alkanes of at least 4 members (excludes halogenated alkanes) is 1. The molecule has 0 aromatic carbocycles. The summed E-state index contributed by atoms with van der Waals surface area (Å²) in [6.45, 7) is 6.39. The van der Waals surface area contributed by atoms with Crippen LogP contribution >= 0.6 is 0 Å². The molecule has 0 aliphatic carbocycles. The van der Waals surface area contributed by atoms with E-state index in [0.717, 1.165) is 12.8 Å². The van der Waals surface area contributed by atoms with E-state index < -0.39 is 5.97 Å². The normalized spacial score (nSPS) is 10.2. The van der Waals surface area contributed by atoms with Crippen LogP contribution in [-0.4, -0.2) is 24.2 Å². The predicted octanol–water partition coefficient (Wildman–Crippen LogP) is 2.34. The Morgan fingerprint density at radius 2 is 2.19 bits per heavy atom. The number of esters is 1. The smallest absolute Gasteiger partial charge is 0.394 e. The van der Waals surface area contributed by atoms with E-state index in [2.05, 4.69) is 11.9 Å². The second-order valence-corrected chi connectivity index (χ2v) is 3.31. The number of aryl methyl sites for hydroxylation is 1. The van der Waals surface area contributed by atoms with E-state index >= 15 is 0 Å². The lowest BCUT2D eigenvalue weighted by atomic mass is 10.4. The molecule has 0 atom stereocenters. The molecule has 16 heavy (non-hydrogen) atoms. The minimum atomic E-state index is -0.559. The molecule has 0 fully saturated rings. The van der Waals surface area contributed by atoms with Gasteiger partial charge in [0.15, 0.2) is 0 Å². The zero-order chi connectivity index (χ0) is 12.0. The first-order chi connectivity index (χ1) is 7.69. The van der Waals surface area contributed by atoms with Crippen LogP contribution in [-0.2, 0) is 4.74 Å². The van der Waals surface area contributed by atoms with Crippen LogP contribution < -0.4 is 4.74 Å². The first-order valence-corrected chi connectivity index (χ1v) is 5.46. The highest BCUT2D eigenvalue weighted by molar-refractivity contribution is 5.84. The van der Waals surface area contributed by atoms with Gasteiger partial charge in [-0.2, -0.15) is 0 Å². The van der Waals surface area contributed by atoms with Crippen molar-refractivity contribution in [3.05, 3.63) is 11.6 Å². The number of rotatable bonds is 6. The number of aromatic nitrogens is 1. The molecule has 0 bridgehead atoms. The molecular formula is C11H17NO4. The number of hydrogen-bond acceptors (Lipinski definition) is 5. The summed E-state index contributed by atoms with van der Waals surface area (Å²) in [4.78, 5) is 15.2. The minimum Gasteiger partial charge on any atom is -0.464 e. The Balaban J connectivity index is 2.62. The van der Waals surface area contributed by atoms with Crippen LogP contribution in [0.25, 0.3) is 0 Å². The van der Waals surface area contributed by atoms with Gasteiger partial charge in [-0.05, 0) is 20.3 Å². The maximum Gasteiger partial charge on any atom is 0.394 e. The molecule has 1 rings (SSSR count). The van der Waals surface area contributed by atoms with Gasteiger partial charge < -0.3 is 13.9 Å². The summed E-state index contributed by atoms with van der Waals surface area (Å²) < 4.78 is 15.3. The molecule has 0 aliphatic heterocycles. The van der Waals surface area contributed by atoms with Crippen LogP contribution in [0.3, 0.4) is 0 Å². The van der Waals surface area contributed by atoms with Gasteiger partial charge in [0, 0.05) is 0 Å². The fraction of sp³-hybridized carbons (Fsp3) is 0.636. The van der Waals surface area contributed by atoms with Crippen molar-refractivity contribution in [3.8, 4) is 5.95 Å². The zero-order valence-corrected chi connectivity index (χ0v) is 9.91. The lowest BCUT2D eigenvalue weighted by molar-refractivity contribution is 0.0472. The lowest BCUT2D eigenvalue weighted by Crippen LogP contribution is -2.04. The Hall–Kier alpha value is -1.52. The summed E-state index contributed by atoms with van der Waals surface area (Å²) in [6, 6.07) is 0. The molecule has 1 aromatic rings. The molecule has 0 N–H and O–H groups in total. The van der Waals surface area contributed by atoms with Gasteiger partial charge in [0.1, 0.15) is 5.69 Å². The van der Waals surface area contributed by atoms with Crippen molar-refractivity contribution < 1.29 is 18.7 Å². The van der Waals surface area contributed by atoms with Gasteiger partial charge in [-0.3, -0.25) is 0 Å². The van der Waals surface area contributed by atoms with Crippen LogP contribution in [0, 0.1) is 6.92 Å². The number of carbonyl (C=O) groups is 1. The molecule has 0 radical (unpaired) electrons. The average Bonchev–Trinajstić information content (AvgIpc) is 2.61. The highest BCUT2D eigenvalue weighted by atomic mass is 16.6. The predicted molar refractivity (Wildman–Crippen MR) is 57.6 cm³/mol. The molecule has 5 heteroatoms. The standard InChI is InChI=1S/C11H17NO4/c1-4-6-7-15-11-8(3)12-9(16-11)10(13)14-5-2/h4-7H2,1-3H3. The summed E-state index contributed by atoms with van der Waals surface area (Å²) >= 11 is 0. The van der Waals surface area contributed by atoms with Gasteiger partial charge in [0.25, 0.3) is 0 Å². The van der Waals surface area contributed by atoms with Crippen LogP contribution in [0.2, 0.25) is 0 Å². The van der Waals surface area contributed by atoms with Gasteiger partial charge in [-0.25, -0.2) is 9.78 Å². The molecule has 0 saturated heterocycles. The molecule has 0 saturated carbocycles. The minimum absolute atomic E-state index is 0.0501. The molecule has 5 nitrogen and oxygen atoms in total. The van der Waals surface area contributed by atoms with Crippen molar-refractivity contribution in [2.75, 3.05) is 13.2 Å². The second-order valence-electron chi connectivity index (χ2n) is 3.31. The number of ether oxygens (including phenoxy) is 2. The summed E-state index contributed by atoms with van der Waals surface area (Å²) in [5.41, 5.74) is 0.569. The molecular weight excluding hydrogens is 210 g/mol. The molecule has 0 unspecified atom stereocenters. The maximum absolute atomic E-state index is 11.3. The highest BCUT2D eigenvalue weighted by Crippen LogP contribution is 2.19. The van der Waals surface area contributed by atoms with Gasteiger partial charge in [-0.15, -0.1) is 0 Å². The van der Waals surface area contributed by atoms with E-state index in [0.29, 0.717) is 24.9 Å². The second kappa shape index (κ2) is 6.15. The van der Waals surface area contributed by atoms with Crippen molar-refractivity contribution >= 4 is 5.97 Å². The topological polar surface area (TPSA) is 61.6 Å². The van der Waals surface area contributed by atoms with Crippen molar-refractivity contribution in [1.82, 2.24) is 4.98 Å². The number of oxazole rings is 1. The highest BCUT2D eigenvalue weighted by Gasteiger charge is 2.18. The Bertz CT molecular complexity index is 346. The fourth-order valence-electron chi connectivity index (χ4n) is 1.11. The lowest BCUT2D eigenvalue weighted by Gasteiger charge is -2.00. The number of carbonyl (C=O) groups excluding carboxylic acids is 1. The van der Waals surface area contributed by atoms with Crippen molar-refractivity contribution in [2.45, 2.75) is 33.6 Å². The van der Waals surface area contributed by atoms with E-state index in [-0.39, 0.29) is 5.89 Å². The van der Waals surface area contributed by atoms with Crippen LogP contribution in [0.1, 0.15) is 43.1 Å². The molecule has 1 heterocycles. The Labute approximate surface area is 94.8 Å². The summed E-state index contributed by atoms with van der Waals surface area (Å²) in [7, 11) is 0. The largest absolute Gasteiger partial charge is 0.464 e. The number of hydrogen-bond donors (Lipinski definition) is 0. The molecule has 1 aromatic heterocycles. The summed E-state index contributed by atoms with van der Waals surface area (Å²) in [5.74, 6) is -0.307. The van der Waals surface area contributed by atoms with Crippen molar-refractivity contribution in [3.63, 3.8) is 0 Å². The average molecular weight is 227 g/mol. The Kier molecular flexibility index (Phi) is 4.82. The van der Waals surface area contributed by atoms with Gasteiger partial charge in [0.2, 0.25) is 0 Å². The SMILES string of the molecule is CCCCOc1oc(C(=O)OCC)nc1C. The molecule has 90 valence electrons. The maximum atomic E-state index is 11.3. The van der Waals surface area contributed by atoms with E-state index in [1.807, 2.05) is 0 Å². The van der Waals surface area contributed by atoms with E-state index in [4.69, 9.17) is 13.9 Å². The summed E-state index contributed by atoms with van der Waals surface area (Å²) in [6.07, 6.45) is 1.98. The monoisotopic (exact) mass is 227 g/mol. The third-order valence-electron chi connectivity index (χ3n) is 1.94. The van der Waals surface area contributed by atoms with Crippen molar-refractivity contribution in [2.24, 2.45) is 0 Å². The number of nitrogens with zero attached hydrogens (tertiary/aromatic N) is 1. The first-order valence-electron chi connectivity index (χ1n) is 5.46. The third kappa shape index (κ3) is 3.25. The van der Waals surface area contributed by atoms with Crippen LogP contribution in [0.5, 0.6) is 5.95 Å². The Morgan fingerprint density at radius 1 is 1.44 bits per heavy atom. The van der Waals surface area contributed by atoms with E-state index in [1.54, 1.807) is 13.8 Å². The zero-order valence-electron chi connectivity index (χ0n) is 9.91. The molecule has 0 aliphatic rings. The van der Waals surface area contributed by atoms with Crippen molar-refractivity contribution in [1.29, 1.82) is 0 Å². The fourth-order valence-corrected chi connectivity index (χ4v) is 1.11. The van der Waals surface area contributed by atoms with Crippen LogP contribution in [0.4, 0.5) is 0 Å². The van der Waals surface area contributed by atoms with E-state index in [1.165, 1.54) is 0 Å². The quantitative estimate of drug-likeness (QED) is 0.551. The van der Waals surface area contributed by atoms with Gasteiger partial charge in [-0.1, -0.05) is 13.3 Å². The summed E-state index contributed by atoms with van der Waals surface area (Å²) in [5, 5.41) is 0. The first kappa shape index (κ1) is 12.5. The van der Waals surface area contributed by atoms with Gasteiger partial charge >= 0.3 is 17.8 Å². The molecule has 0 spiro atoms. The van der Waals surface area contributed by atoms with Crippen LogP contribution in [0.15, 0.2) is 4.42 Å². The molecule has 0 amide bonds. The third-order valence-corrected chi connectivity index (χ3v) is 1.94.